The van der Waals surface area contributed by atoms with Crippen LogP contribution in [-0.4, -0.2) is 40.9 Å². The molecule has 0 heterocycles. The van der Waals surface area contributed by atoms with Gasteiger partial charge in [-0.1, -0.05) is 17.7 Å². The highest BCUT2D eigenvalue weighted by molar-refractivity contribution is 7.92. The SMILES string of the molecule is CCOC(=O)CN(c1ccc(-c2ccc(Cl)c(F)c2)c(OC)c1)S(C)(=O)=O. The summed E-state index contributed by atoms with van der Waals surface area (Å²) in [6, 6.07) is 8.85. The van der Waals surface area contributed by atoms with E-state index in [0.717, 1.165) is 10.6 Å². The molecule has 0 saturated heterocycles. The first-order valence-corrected chi connectivity index (χ1v) is 10.2. The van der Waals surface area contributed by atoms with Crippen LogP contribution in [0, 0.1) is 5.82 Å². The fraction of sp³-hybridized carbons (Fsp3) is 0.278. The number of sulfonamides is 1. The minimum atomic E-state index is -3.75. The first-order valence-electron chi connectivity index (χ1n) is 7.94. The second-order valence-electron chi connectivity index (χ2n) is 5.59. The Balaban J connectivity index is 2.48. The lowest BCUT2D eigenvalue weighted by atomic mass is 10.0. The van der Waals surface area contributed by atoms with Gasteiger partial charge in [0.25, 0.3) is 0 Å². The van der Waals surface area contributed by atoms with Crippen LogP contribution in [0.3, 0.4) is 0 Å². The van der Waals surface area contributed by atoms with Crippen molar-refractivity contribution in [2.45, 2.75) is 6.92 Å². The molecule has 2 rings (SSSR count). The van der Waals surface area contributed by atoms with Crippen LogP contribution >= 0.6 is 11.6 Å². The van der Waals surface area contributed by atoms with Crippen molar-refractivity contribution in [3.05, 3.63) is 47.2 Å². The predicted molar refractivity (Wildman–Crippen MR) is 102 cm³/mol. The van der Waals surface area contributed by atoms with Crippen molar-refractivity contribution in [1.82, 2.24) is 0 Å². The molecule has 0 unspecified atom stereocenters. The van der Waals surface area contributed by atoms with E-state index in [1.54, 1.807) is 19.1 Å². The number of methoxy groups -OCH3 is 1. The molecule has 2 aromatic carbocycles. The molecule has 9 heteroatoms. The van der Waals surface area contributed by atoms with Gasteiger partial charge in [0.05, 0.1) is 30.7 Å². The van der Waals surface area contributed by atoms with E-state index >= 15 is 0 Å². The molecule has 2 aromatic rings. The molecule has 146 valence electrons. The van der Waals surface area contributed by atoms with Crippen LogP contribution in [0.2, 0.25) is 5.02 Å². The second-order valence-corrected chi connectivity index (χ2v) is 7.90. The maximum absolute atomic E-state index is 13.8. The van der Waals surface area contributed by atoms with E-state index in [2.05, 4.69) is 0 Å². The third kappa shape index (κ3) is 5.11. The fourth-order valence-corrected chi connectivity index (χ4v) is 3.42. The lowest BCUT2D eigenvalue weighted by Crippen LogP contribution is -2.35. The third-order valence-corrected chi connectivity index (χ3v) is 5.13. The Hall–Kier alpha value is -2.32. The largest absolute Gasteiger partial charge is 0.496 e. The van der Waals surface area contributed by atoms with Crippen LogP contribution in [-0.2, 0) is 19.6 Å². The highest BCUT2D eigenvalue weighted by atomic mass is 35.5. The summed E-state index contributed by atoms with van der Waals surface area (Å²) < 4.78 is 49.1. The molecular formula is C18H19ClFNO5S. The molecule has 0 aliphatic carbocycles. The van der Waals surface area contributed by atoms with Crippen molar-refractivity contribution >= 4 is 33.3 Å². The van der Waals surface area contributed by atoms with Gasteiger partial charge in [0.2, 0.25) is 10.0 Å². The maximum atomic E-state index is 13.8. The number of benzene rings is 2. The number of hydrogen-bond donors (Lipinski definition) is 0. The standard InChI is InChI=1S/C18H19ClFNO5S/c1-4-26-18(22)11-21(27(3,23)24)13-6-7-14(17(10-13)25-2)12-5-8-15(19)16(20)9-12/h5-10H,4,11H2,1-3H3. The summed E-state index contributed by atoms with van der Waals surface area (Å²) >= 11 is 5.71. The van der Waals surface area contributed by atoms with E-state index in [1.165, 1.54) is 31.4 Å². The van der Waals surface area contributed by atoms with Crippen LogP contribution in [0.1, 0.15) is 6.92 Å². The Morgan fingerprint density at radius 2 is 1.93 bits per heavy atom. The van der Waals surface area contributed by atoms with E-state index in [9.17, 15) is 17.6 Å². The van der Waals surface area contributed by atoms with Gasteiger partial charge in [0.1, 0.15) is 18.1 Å². The van der Waals surface area contributed by atoms with Gasteiger partial charge in [-0.25, -0.2) is 12.8 Å². The van der Waals surface area contributed by atoms with Gasteiger partial charge in [-0.2, -0.15) is 0 Å². The highest BCUT2D eigenvalue weighted by Crippen LogP contribution is 2.35. The quantitative estimate of drug-likeness (QED) is 0.647. The fourth-order valence-electron chi connectivity index (χ4n) is 2.46. The highest BCUT2D eigenvalue weighted by Gasteiger charge is 2.23. The number of halogens is 2. The van der Waals surface area contributed by atoms with Crippen molar-refractivity contribution < 1.29 is 27.1 Å². The summed E-state index contributed by atoms with van der Waals surface area (Å²) in [5.41, 5.74) is 1.28. The Morgan fingerprint density at radius 1 is 1.22 bits per heavy atom. The van der Waals surface area contributed by atoms with E-state index in [1.807, 2.05) is 0 Å². The molecule has 6 nitrogen and oxygen atoms in total. The molecule has 0 aliphatic rings. The van der Waals surface area contributed by atoms with Crippen LogP contribution in [0.25, 0.3) is 11.1 Å². The zero-order valence-corrected chi connectivity index (χ0v) is 16.6. The second kappa shape index (κ2) is 8.58. The summed E-state index contributed by atoms with van der Waals surface area (Å²) in [5, 5.41) is -0.00738. The number of nitrogens with zero attached hydrogens (tertiary/aromatic N) is 1. The number of carbonyl (C=O) groups excluding carboxylic acids is 1. The molecule has 0 atom stereocenters. The molecule has 0 amide bonds. The van der Waals surface area contributed by atoms with E-state index in [0.29, 0.717) is 16.9 Å². The molecule has 0 aromatic heterocycles. The van der Waals surface area contributed by atoms with Crippen molar-refractivity contribution in [2.75, 3.05) is 30.8 Å². The minimum absolute atomic E-state index is 0.00738. The molecule has 0 N–H and O–H groups in total. The average Bonchev–Trinajstić information content (AvgIpc) is 2.61. The Bertz CT molecular complexity index is 949. The molecule has 0 bridgehead atoms. The van der Waals surface area contributed by atoms with Gasteiger partial charge in [0, 0.05) is 11.6 Å². The van der Waals surface area contributed by atoms with Crippen LogP contribution in [0.5, 0.6) is 5.75 Å². The topological polar surface area (TPSA) is 72.9 Å². The van der Waals surface area contributed by atoms with Gasteiger partial charge >= 0.3 is 5.97 Å². The summed E-state index contributed by atoms with van der Waals surface area (Å²) in [6.45, 7) is 1.30. The summed E-state index contributed by atoms with van der Waals surface area (Å²) in [6.07, 6.45) is 0.987. The lowest BCUT2D eigenvalue weighted by Gasteiger charge is -2.22. The molecule has 0 saturated carbocycles. The maximum Gasteiger partial charge on any atom is 0.326 e. The monoisotopic (exact) mass is 415 g/mol. The van der Waals surface area contributed by atoms with E-state index in [4.69, 9.17) is 21.1 Å². The van der Waals surface area contributed by atoms with Crippen molar-refractivity contribution in [3.8, 4) is 16.9 Å². The van der Waals surface area contributed by atoms with Crippen LogP contribution < -0.4 is 9.04 Å². The van der Waals surface area contributed by atoms with E-state index in [-0.39, 0.29) is 17.3 Å². The average molecular weight is 416 g/mol. The molecular weight excluding hydrogens is 397 g/mol. The number of ether oxygens (including phenoxy) is 2. The zero-order chi connectivity index (χ0) is 20.2. The smallest absolute Gasteiger partial charge is 0.326 e. The molecule has 0 fully saturated rings. The summed E-state index contributed by atoms with van der Waals surface area (Å²) in [4.78, 5) is 11.8. The first-order chi connectivity index (χ1) is 12.7. The first kappa shape index (κ1) is 21.0. The molecule has 0 radical (unpaired) electrons. The van der Waals surface area contributed by atoms with Gasteiger partial charge in [-0.15, -0.1) is 0 Å². The minimum Gasteiger partial charge on any atom is -0.496 e. The Labute approximate surface area is 162 Å². The summed E-state index contributed by atoms with van der Waals surface area (Å²) in [7, 11) is -2.34. The number of hydrogen-bond acceptors (Lipinski definition) is 5. The van der Waals surface area contributed by atoms with Crippen LogP contribution in [0.4, 0.5) is 10.1 Å². The molecule has 0 spiro atoms. The zero-order valence-electron chi connectivity index (χ0n) is 15.0. The van der Waals surface area contributed by atoms with Crippen molar-refractivity contribution in [3.63, 3.8) is 0 Å². The number of rotatable bonds is 7. The molecule has 27 heavy (non-hydrogen) atoms. The van der Waals surface area contributed by atoms with Gasteiger partial charge in [-0.05, 0) is 36.8 Å². The Morgan fingerprint density at radius 3 is 2.48 bits per heavy atom. The van der Waals surface area contributed by atoms with Gasteiger partial charge in [-0.3, -0.25) is 9.10 Å². The number of carbonyl (C=O) groups is 1. The number of anilines is 1. The van der Waals surface area contributed by atoms with Crippen molar-refractivity contribution in [1.29, 1.82) is 0 Å². The Kier molecular flexibility index (Phi) is 6.67. The predicted octanol–water partition coefficient (Wildman–Crippen LogP) is 3.48. The van der Waals surface area contributed by atoms with E-state index < -0.39 is 28.4 Å². The number of esters is 1. The molecule has 0 aliphatic heterocycles. The summed E-state index contributed by atoms with van der Waals surface area (Å²) in [5.74, 6) is -0.946. The van der Waals surface area contributed by atoms with Gasteiger partial charge in [0.15, 0.2) is 0 Å². The lowest BCUT2D eigenvalue weighted by molar-refractivity contribution is -0.141. The third-order valence-electron chi connectivity index (χ3n) is 3.68. The van der Waals surface area contributed by atoms with Crippen molar-refractivity contribution in [2.24, 2.45) is 0 Å². The van der Waals surface area contributed by atoms with Gasteiger partial charge < -0.3 is 9.47 Å². The normalized spacial score (nSPS) is 11.1. The van der Waals surface area contributed by atoms with Crippen LogP contribution in [0.15, 0.2) is 36.4 Å².